The highest BCUT2D eigenvalue weighted by molar-refractivity contribution is 5.85. The lowest BCUT2D eigenvalue weighted by atomic mass is 10.0. The molecule has 1 N–H and O–H groups in total. The number of amides is 1. The smallest absolute Gasteiger partial charge is 0.241 e. The van der Waals surface area contributed by atoms with Crippen LogP contribution in [0.15, 0.2) is 0 Å². The van der Waals surface area contributed by atoms with Crippen molar-refractivity contribution in [3.8, 4) is 0 Å². The van der Waals surface area contributed by atoms with Gasteiger partial charge in [0.1, 0.15) is 0 Å². The summed E-state index contributed by atoms with van der Waals surface area (Å²) in [5.74, 6) is 1.91. The van der Waals surface area contributed by atoms with E-state index in [-0.39, 0.29) is 6.04 Å². The van der Waals surface area contributed by atoms with Gasteiger partial charge in [-0.1, -0.05) is 39.5 Å². The maximum Gasteiger partial charge on any atom is 0.241 e. The van der Waals surface area contributed by atoms with Crippen LogP contribution in [0.3, 0.4) is 0 Å². The molecule has 3 nitrogen and oxygen atoms in total. The molecule has 3 rings (SSSR count). The third kappa shape index (κ3) is 2.61. The first kappa shape index (κ1) is 14.4. The Morgan fingerprint density at radius 1 is 1.15 bits per heavy atom. The summed E-state index contributed by atoms with van der Waals surface area (Å²) in [7, 11) is 0. The van der Waals surface area contributed by atoms with Gasteiger partial charge >= 0.3 is 0 Å². The van der Waals surface area contributed by atoms with Crippen LogP contribution < -0.4 is 5.32 Å². The molecule has 3 fully saturated rings. The number of nitrogens with one attached hydrogen (secondary N) is 1. The third-order valence-corrected chi connectivity index (χ3v) is 5.55. The van der Waals surface area contributed by atoms with Crippen LogP contribution in [0.5, 0.6) is 0 Å². The molecule has 2 saturated carbocycles. The van der Waals surface area contributed by atoms with Crippen molar-refractivity contribution < 1.29 is 4.79 Å². The Morgan fingerprint density at radius 3 is 2.50 bits per heavy atom. The monoisotopic (exact) mass is 278 g/mol. The molecule has 0 aromatic carbocycles. The van der Waals surface area contributed by atoms with Crippen molar-refractivity contribution in [2.45, 2.75) is 89.9 Å². The van der Waals surface area contributed by atoms with Crippen LogP contribution in [0, 0.1) is 11.8 Å². The lowest BCUT2D eigenvalue weighted by Crippen LogP contribution is -2.44. The summed E-state index contributed by atoms with van der Waals surface area (Å²) in [5.41, 5.74) is 0. The highest BCUT2D eigenvalue weighted by Crippen LogP contribution is 2.44. The molecule has 3 heteroatoms. The highest BCUT2D eigenvalue weighted by atomic mass is 16.2. The molecule has 114 valence electrons. The van der Waals surface area contributed by atoms with Gasteiger partial charge in [0.25, 0.3) is 0 Å². The van der Waals surface area contributed by atoms with Gasteiger partial charge in [-0.3, -0.25) is 10.1 Å². The van der Waals surface area contributed by atoms with Gasteiger partial charge < -0.3 is 4.90 Å². The molecule has 1 saturated heterocycles. The van der Waals surface area contributed by atoms with Crippen LogP contribution in [-0.2, 0) is 4.79 Å². The zero-order valence-electron chi connectivity index (χ0n) is 13.1. The second-order valence-electron chi connectivity index (χ2n) is 7.09. The average molecular weight is 278 g/mol. The molecule has 1 amide bonds. The zero-order chi connectivity index (χ0) is 14.1. The minimum absolute atomic E-state index is 0.105. The normalized spacial score (nSPS) is 37.9. The van der Waals surface area contributed by atoms with Crippen molar-refractivity contribution >= 4 is 5.91 Å². The Balaban J connectivity index is 1.70. The van der Waals surface area contributed by atoms with Crippen molar-refractivity contribution in [2.75, 3.05) is 0 Å². The standard InChI is InChI=1S/C17H30N2O/c1-3-7-13-11-15(13)19-16(12-9-5-6-10-12)18-14(8-4-2)17(19)20/h12-16,18H,3-11H2,1-2H3. The largest absolute Gasteiger partial charge is 0.322 e. The predicted molar refractivity (Wildman–Crippen MR) is 81.2 cm³/mol. The van der Waals surface area contributed by atoms with Gasteiger partial charge in [0.2, 0.25) is 5.91 Å². The van der Waals surface area contributed by atoms with E-state index < -0.39 is 0 Å². The first-order valence-electron chi connectivity index (χ1n) is 8.84. The predicted octanol–water partition coefficient (Wildman–Crippen LogP) is 3.29. The van der Waals surface area contributed by atoms with Gasteiger partial charge in [0.15, 0.2) is 0 Å². The van der Waals surface area contributed by atoms with Crippen LogP contribution in [0.4, 0.5) is 0 Å². The summed E-state index contributed by atoms with van der Waals surface area (Å²) in [6.45, 7) is 4.44. The average Bonchev–Trinajstić information content (AvgIpc) is 2.89. The Labute approximate surface area is 123 Å². The van der Waals surface area contributed by atoms with Crippen LogP contribution in [0.1, 0.15) is 71.6 Å². The van der Waals surface area contributed by atoms with Gasteiger partial charge in [-0.2, -0.15) is 0 Å². The van der Waals surface area contributed by atoms with E-state index in [1.807, 2.05) is 0 Å². The van der Waals surface area contributed by atoms with Crippen LogP contribution in [0.25, 0.3) is 0 Å². The van der Waals surface area contributed by atoms with Crippen molar-refractivity contribution in [1.82, 2.24) is 10.2 Å². The van der Waals surface area contributed by atoms with E-state index in [0.29, 0.717) is 24.0 Å². The second-order valence-corrected chi connectivity index (χ2v) is 7.09. The van der Waals surface area contributed by atoms with E-state index in [9.17, 15) is 4.79 Å². The number of hydrogen-bond acceptors (Lipinski definition) is 2. The van der Waals surface area contributed by atoms with Gasteiger partial charge in [-0.05, 0) is 43.9 Å². The molecule has 1 heterocycles. The lowest BCUT2D eigenvalue weighted by molar-refractivity contribution is -0.131. The Morgan fingerprint density at radius 2 is 1.85 bits per heavy atom. The summed E-state index contributed by atoms with van der Waals surface area (Å²) < 4.78 is 0. The fourth-order valence-corrected chi connectivity index (χ4v) is 4.43. The van der Waals surface area contributed by atoms with E-state index in [1.165, 1.54) is 44.9 Å². The van der Waals surface area contributed by atoms with Crippen LogP contribution in [-0.4, -0.2) is 29.1 Å². The summed E-state index contributed by atoms with van der Waals surface area (Å²) in [4.78, 5) is 15.0. The maximum atomic E-state index is 12.8. The summed E-state index contributed by atoms with van der Waals surface area (Å²) in [6.07, 6.45) is 11.6. The van der Waals surface area contributed by atoms with Crippen LogP contribution >= 0.6 is 0 Å². The van der Waals surface area contributed by atoms with Crippen molar-refractivity contribution in [2.24, 2.45) is 11.8 Å². The fraction of sp³-hybridized carbons (Fsp3) is 0.941. The van der Waals surface area contributed by atoms with E-state index in [1.54, 1.807) is 0 Å². The number of nitrogens with zero attached hydrogens (tertiary/aromatic N) is 1. The minimum atomic E-state index is 0.105. The molecule has 4 unspecified atom stereocenters. The van der Waals surface area contributed by atoms with Gasteiger partial charge in [0.05, 0.1) is 12.2 Å². The molecule has 20 heavy (non-hydrogen) atoms. The topological polar surface area (TPSA) is 32.3 Å². The van der Waals surface area contributed by atoms with Crippen molar-refractivity contribution in [3.05, 3.63) is 0 Å². The zero-order valence-corrected chi connectivity index (χ0v) is 13.1. The number of hydrogen-bond donors (Lipinski definition) is 1. The molecule has 0 radical (unpaired) electrons. The van der Waals surface area contributed by atoms with Crippen LogP contribution in [0.2, 0.25) is 0 Å². The molecule has 2 aliphatic carbocycles. The van der Waals surface area contributed by atoms with Gasteiger partial charge in [0, 0.05) is 6.04 Å². The van der Waals surface area contributed by atoms with E-state index in [4.69, 9.17) is 0 Å². The van der Waals surface area contributed by atoms with E-state index in [0.717, 1.165) is 18.8 Å². The van der Waals surface area contributed by atoms with E-state index in [2.05, 4.69) is 24.1 Å². The second kappa shape index (κ2) is 6.05. The van der Waals surface area contributed by atoms with E-state index >= 15 is 0 Å². The molecule has 0 bridgehead atoms. The molecule has 0 spiro atoms. The first-order valence-corrected chi connectivity index (χ1v) is 8.84. The van der Waals surface area contributed by atoms with Crippen molar-refractivity contribution in [3.63, 3.8) is 0 Å². The Hall–Kier alpha value is -0.570. The van der Waals surface area contributed by atoms with Gasteiger partial charge in [-0.15, -0.1) is 0 Å². The van der Waals surface area contributed by atoms with Gasteiger partial charge in [-0.25, -0.2) is 0 Å². The number of carbonyl (C=O) groups is 1. The summed E-state index contributed by atoms with van der Waals surface area (Å²) in [6, 6.07) is 0.663. The quantitative estimate of drug-likeness (QED) is 0.808. The van der Waals surface area contributed by atoms with Crippen molar-refractivity contribution in [1.29, 1.82) is 0 Å². The lowest BCUT2D eigenvalue weighted by Gasteiger charge is -2.29. The molecule has 0 aromatic rings. The first-order chi connectivity index (χ1) is 9.76. The highest BCUT2D eigenvalue weighted by Gasteiger charge is 2.52. The number of carbonyl (C=O) groups excluding carboxylic acids is 1. The summed E-state index contributed by atoms with van der Waals surface area (Å²) >= 11 is 0. The molecule has 3 aliphatic rings. The third-order valence-electron chi connectivity index (χ3n) is 5.55. The molecular formula is C17H30N2O. The SMILES string of the molecule is CCCC1NC(C2CCCC2)N(C2CC2CCC)C1=O. The maximum absolute atomic E-state index is 12.8. The summed E-state index contributed by atoms with van der Waals surface area (Å²) in [5, 5.41) is 3.69. The Kier molecular flexibility index (Phi) is 4.34. The minimum Gasteiger partial charge on any atom is -0.322 e. The molecule has 4 atom stereocenters. The molecular weight excluding hydrogens is 248 g/mol. The number of rotatable bonds is 6. The molecule has 1 aliphatic heterocycles. The fourth-order valence-electron chi connectivity index (χ4n) is 4.43. The molecule has 0 aromatic heterocycles. The Bertz CT molecular complexity index is 351.